The van der Waals surface area contributed by atoms with E-state index in [4.69, 9.17) is 18.9 Å². The second-order valence-electron chi connectivity index (χ2n) is 16.9. The molecule has 4 aromatic heterocycles. The maximum Gasteiger partial charge on any atom is 0.128 e. The summed E-state index contributed by atoms with van der Waals surface area (Å²) in [7, 11) is 17.4. The smallest absolute Gasteiger partial charge is 0.128 e. The molecule has 0 aliphatic rings. The molecular weight excluding hydrogens is 825 g/mol. The molecule has 0 fully saturated rings. The number of methoxy groups -OCH3 is 4. The second-order valence-corrected chi connectivity index (χ2v) is 16.9. The van der Waals surface area contributed by atoms with E-state index in [0.29, 0.717) is 0 Å². The van der Waals surface area contributed by atoms with Crippen LogP contribution in [0.2, 0.25) is 0 Å². The standard InChI is InChI=1S/C15H22N2O.C14H20N2O.C13H18N2O.C12H16N2O/c1-4-9-17(2)10-8-12-11-16-13-6-5-7-14(18-3)15(12)13;1-4-16(2)9-8-11-10-15-12-6-5-7-13(17-3)14(11)12;1-15(2)8-7-10-9-14-11-5-4-6-12(16-3)13(10)11;1-13-7-6-9-8-14-10-4-3-5-11(15-2)12(9)10/h5-7,11,16H,4,8-10H2,1-3H3;5-7,10,15H,4,8-9H2,1-3H3;4-6,9,14H,7-8H2,1-3H3;3-5,8,13-14H,6-7H2,1-2H3. The number of likely N-dealkylation sites (N-methyl/N-ethyl adjacent to an activating group) is 4. The normalized spacial score (nSPS) is 11.2. The van der Waals surface area contributed by atoms with Crippen LogP contribution < -0.4 is 24.3 Å². The van der Waals surface area contributed by atoms with Gasteiger partial charge < -0.3 is 58.9 Å². The zero-order valence-corrected chi connectivity index (χ0v) is 41.5. The summed E-state index contributed by atoms with van der Waals surface area (Å²) in [4.78, 5) is 20.1. The van der Waals surface area contributed by atoms with Crippen molar-refractivity contribution in [1.29, 1.82) is 0 Å². The molecule has 0 radical (unpaired) electrons. The lowest BCUT2D eigenvalue weighted by atomic mass is 10.1. The lowest BCUT2D eigenvalue weighted by molar-refractivity contribution is 0.339. The summed E-state index contributed by atoms with van der Waals surface area (Å²) in [5.41, 5.74) is 9.88. The summed E-state index contributed by atoms with van der Waals surface area (Å²) < 4.78 is 21.6. The number of benzene rings is 4. The number of aromatic nitrogens is 4. The molecule has 0 atom stereocenters. The third-order valence-corrected chi connectivity index (χ3v) is 12.0. The fraction of sp³-hybridized carbons (Fsp3) is 0.407. The van der Waals surface area contributed by atoms with Crippen molar-refractivity contribution in [3.8, 4) is 23.0 Å². The molecule has 12 heteroatoms. The predicted molar refractivity (Wildman–Crippen MR) is 278 cm³/mol. The van der Waals surface area contributed by atoms with Crippen molar-refractivity contribution in [3.05, 3.63) is 120 Å². The number of nitrogens with one attached hydrogen (secondary N) is 5. The molecule has 5 N–H and O–H groups in total. The van der Waals surface area contributed by atoms with E-state index in [1.165, 1.54) is 50.2 Å². The Balaban J connectivity index is 0.000000165. The van der Waals surface area contributed by atoms with E-state index in [-0.39, 0.29) is 0 Å². The summed E-state index contributed by atoms with van der Waals surface area (Å²) in [6, 6.07) is 24.4. The van der Waals surface area contributed by atoms with Crippen LogP contribution in [0.25, 0.3) is 43.6 Å². The van der Waals surface area contributed by atoms with Crippen molar-refractivity contribution in [1.82, 2.24) is 40.0 Å². The number of hydrogen-bond acceptors (Lipinski definition) is 8. The fourth-order valence-electron chi connectivity index (χ4n) is 8.23. The predicted octanol–water partition coefficient (Wildman–Crippen LogP) is 9.95. The van der Waals surface area contributed by atoms with Gasteiger partial charge in [-0.3, -0.25) is 0 Å². The molecule has 4 aromatic carbocycles. The van der Waals surface area contributed by atoms with Crippen LogP contribution in [-0.2, 0) is 25.7 Å². The van der Waals surface area contributed by atoms with Crippen LogP contribution >= 0.6 is 0 Å². The minimum atomic E-state index is 0.944. The number of hydrogen-bond donors (Lipinski definition) is 5. The van der Waals surface area contributed by atoms with Gasteiger partial charge in [0.15, 0.2) is 0 Å². The molecule has 8 rings (SSSR count). The zero-order chi connectivity index (χ0) is 47.4. The maximum atomic E-state index is 5.45. The Morgan fingerprint density at radius 1 is 0.439 bits per heavy atom. The molecule has 0 bridgehead atoms. The zero-order valence-electron chi connectivity index (χ0n) is 41.5. The number of ether oxygens (including phenoxy) is 4. The van der Waals surface area contributed by atoms with Crippen LogP contribution in [0.15, 0.2) is 97.6 Å². The van der Waals surface area contributed by atoms with E-state index in [1.54, 1.807) is 28.4 Å². The number of rotatable bonds is 19. The molecule has 0 aliphatic carbocycles. The monoisotopic (exact) mass is 901 g/mol. The summed E-state index contributed by atoms with van der Waals surface area (Å²) in [6.07, 6.45) is 13.7. The molecule has 0 unspecified atom stereocenters. The quantitative estimate of drug-likeness (QED) is 0.0544. The third-order valence-electron chi connectivity index (χ3n) is 12.0. The van der Waals surface area contributed by atoms with E-state index < -0.39 is 0 Å². The number of aromatic amines is 4. The van der Waals surface area contributed by atoms with Crippen LogP contribution in [0, 0.1) is 0 Å². The van der Waals surface area contributed by atoms with Gasteiger partial charge in [-0.2, -0.15) is 0 Å². The highest BCUT2D eigenvalue weighted by Crippen LogP contribution is 2.32. The molecule has 0 spiro atoms. The van der Waals surface area contributed by atoms with Gasteiger partial charge >= 0.3 is 0 Å². The molecule has 0 aliphatic heterocycles. The molecule has 66 heavy (non-hydrogen) atoms. The Kier molecular flexibility index (Phi) is 20.3. The SMILES string of the molecule is CCCN(C)CCc1c[nH]c2cccc(OC)c12.CCN(C)CCc1c[nH]c2cccc(OC)c12.CNCCc1c[nH]c2cccc(OC)c12.COc1cccc2[nH]cc(CCN(C)C)c12. The first-order valence-electron chi connectivity index (χ1n) is 23.3. The van der Waals surface area contributed by atoms with Crippen LogP contribution in [-0.4, -0.2) is 138 Å². The van der Waals surface area contributed by atoms with E-state index in [2.05, 4.69) is 131 Å². The molecule has 0 amide bonds. The Hall–Kier alpha value is -5.92. The van der Waals surface area contributed by atoms with Gasteiger partial charge in [0.1, 0.15) is 23.0 Å². The van der Waals surface area contributed by atoms with Gasteiger partial charge in [-0.15, -0.1) is 0 Å². The third kappa shape index (κ3) is 13.6. The summed E-state index contributed by atoms with van der Waals surface area (Å²) >= 11 is 0. The first-order valence-corrected chi connectivity index (χ1v) is 23.3. The van der Waals surface area contributed by atoms with Gasteiger partial charge in [0.2, 0.25) is 0 Å². The average Bonchev–Trinajstić information content (AvgIpc) is 4.17. The van der Waals surface area contributed by atoms with Gasteiger partial charge in [0, 0.05) is 88.0 Å². The van der Waals surface area contributed by atoms with Crippen LogP contribution in [0.5, 0.6) is 23.0 Å². The summed E-state index contributed by atoms with van der Waals surface area (Å²) in [6.45, 7) is 10.8. The first kappa shape index (κ1) is 51.1. The molecular formula is C54H76N8O4. The highest BCUT2D eigenvalue weighted by Gasteiger charge is 2.12. The topological polar surface area (TPSA) is 122 Å². The fourth-order valence-corrected chi connectivity index (χ4v) is 8.23. The van der Waals surface area contributed by atoms with Crippen molar-refractivity contribution in [2.45, 2.75) is 46.0 Å². The van der Waals surface area contributed by atoms with Crippen LogP contribution in [0.1, 0.15) is 42.5 Å². The highest BCUT2D eigenvalue weighted by molar-refractivity contribution is 5.91. The van der Waals surface area contributed by atoms with Gasteiger partial charge in [0.25, 0.3) is 0 Å². The molecule has 0 saturated heterocycles. The number of H-pyrrole nitrogens is 4. The molecule has 8 aromatic rings. The Bertz CT molecular complexity index is 2640. The molecule has 356 valence electrons. The van der Waals surface area contributed by atoms with Crippen molar-refractivity contribution in [2.24, 2.45) is 0 Å². The van der Waals surface area contributed by atoms with Gasteiger partial charge in [0.05, 0.1) is 28.4 Å². The average molecular weight is 901 g/mol. The Morgan fingerprint density at radius 3 is 1.08 bits per heavy atom. The molecule has 12 nitrogen and oxygen atoms in total. The van der Waals surface area contributed by atoms with Crippen molar-refractivity contribution < 1.29 is 18.9 Å². The largest absolute Gasteiger partial charge is 0.496 e. The Labute approximate surface area is 392 Å². The van der Waals surface area contributed by atoms with Gasteiger partial charge in [-0.1, -0.05) is 38.1 Å². The first-order chi connectivity index (χ1) is 32.1. The molecule has 0 saturated carbocycles. The Morgan fingerprint density at radius 2 is 0.773 bits per heavy atom. The molecule has 4 heterocycles. The summed E-state index contributed by atoms with van der Waals surface area (Å²) in [5, 5.41) is 8.02. The lowest BCUT2D eigenvalue weighted by Crippen LogP contribution is -2.21. The van der Waals surface area contributed by atoms with E-state index in [0.717, 1.165) is 110 Å². The van der Waals surface area contributed by atoms with Crippen LogP contribution in [0.4, 0.5) is 0 Å². The van der Waals surface area contributed by atoms with Crippen molar-refractivity contribution >= 4 is 43.6 Å². The van der Waals surface area contributed by atoms with Gasteiger partial charge in [-0.05, 0) is 158 Å². The maximum absolute atomic E-state index is 5.45. The highest BCUT2D eigenvalue weighted by atomic mass is 16.5. The second kappa shape index (κ2) is 26.3. The van der Waals surface area contributed by atoms with E-state index in [1.807, 2.05) is 55.6 Å². The van der Waals surface area contributed by atoms with Crippen molar-refractivity contribution in [3.63, 3.8) is 0 Å². The van der Waals surface area contributed by atoms with Crippen LogP contribution in [0.3, 0.4) is 0 Å². The minimum Gasteiger partial charge on any atom is -0.496 e. The van der Waals surface area contributed by atoms with Gasteiger partial charge in [-0.25, -0.2) is 0 Å². The van der Waals surface area contributed by atoms with E-state index >= 15 is 0 Å². The minimum absolute atomic E-state index is 0.944. The number of nitrogens with zero attached hydrogens (tertiary/aromatic N) is 3. The van der Waals surface area contributed by atoms with Crippen molar-refractivity contribution in [2.75, 3.05) is 103 Å². The summed E-state index contributed by atoms with van der Waals surface area (Å²) in [5.74, 6) is 3.81. The number of fused-ring (bicyclic) bond motifs is 4. The van der Waals surface area contributed by atoms with E-state index in [9.17, 15) is 0 Å². The lowest BCUT2D eigenvalue weighted by Gasteiger charge is -2.15.